The van der Waals surface area contributed by atoms with E-state index in [1.807, 2.05) is 24.3 Å². The van der Waals surface area contributed by atoms with E-state index in [4.69, 9.17) is 4.74 Å². The highest BCUT2D eigenvalue weighted by atomic mass is 32.2. The Kier molecular flexibility index (Phi) is 4.37. The minimum absolute atomic E-state index is 0.0676. The first kappa shape index (κ1) is 16.0. The quantitative estimate of drug-likeness (QED) is 0.881. The van der Waals surface area contributed by atoms with Crippen molar-refractivity contribution in [3.63, 3.8) is 0 Å². The second kappa shape index (κ2) is 6.29. The average molecular weight is 335 g/mol. The largest absolute Gasteiger partial charge is 0.497 e. The van der Waals surface area contributed by atoms with Crippen molar-refractivity contribution >= 4 is 10.0 Å². The summed E-state index contributed by atoms with van der Waals surface area (Å²) in [5, 5.41) is 0. The number of hydrogen-bond acceptors (Lipinski definition) is 3. The molecule has 1 N–H and O–H groups in total. The molecule has 0 heterocycles. The lowest BCUT2D eigenvalue weighted by Gasteiger charge is -2.19. The lowest BCUT2D eigenvalue weighted by atomic mass is 10.0. The van der Waals surface area contributed by atoms with Crippen molar-refractivity contribution in [3.05, 3.63) is 59.9 Å². The number of benzene rings is 2. The van der Waals surface area contributed by atoms with E-state index in [1.54, 1.807) is 7.11 Å². The van der Waals surface area contributed by atoms with Crippen LogP contribution in [0.15, 0.2) is 53.4 Å². The summed E-state index contributed by atoms with van der Waals surface area (Å²) in [6, 6.07) is 11.9. The maximum absolute atomic E-state index is 13.0. The Morgan fingerprint density at radius 3 is 2.22 bits per heavy atom. The molecule has 0 aromatic heterocycles. The van der Waals surface area contributed by atoms with Crippen LogP contribution in [-0.4, -0.2) is 15.5 Å². The van der Waals surface area contributed by atoms with Gasteiger partial charge in [0.25, 0.3) is 0 Å². The van der Waals surface area contributed by atoms with E-state index in [-0.39, 0.29) is 10.9 Å². The van der Waals surface area contributed by atoms with Crippen molar-refractivity contribution in [2.45, 2.75) is 23.8 Å². The fraction of sp³-hybridized carbons (Fsp3) is 0.294. The molecule has 1 aliphatic rings. The average Bonchev–Trinajstić information content (AvgIpc) is 3.38. The Hall–Kier alpha value is -1.92. The van der Waals surface area contributed by atoms with Crippen LogP contribution in [0.1, 0.15) is 24.4 Å². The van der Waals surface area contributed by atoms with Gasteiger partial charge in [-0.15, -0.1) is 0 Å². The van der Waals surface area contributed by atoms with Crippen molar-refractivity contribution in [2.75, 3.05) is 7.11 Å². The molecule has 0 amide bonds. The Balaban J connectivity index is 1.85. The van der Waals surface area contributed by atoms with E-state index in [0.29, 0.717) is 5.92 Å². The molecule has 0 saturated heterocycles. The van der Waals surface area contributed by atoms with Crippen LogP contribution in [-0.2, 0) is 10.0 Å². The summed E-state index contributed by atoms with van der Waals surface area (Å²) >= 11 is 0. The second-order valence-electron chi connectivity index (χ2n) is 5.66. The summed E-state index contributed by atoms with van der Waals surface area (Å²) in [6.45, 7) is 0. The fourth-order valence-electron chi connectivity index (χ4n) is 2.53. The van der Waals surface area contributed by atoms with Crippen molar-refractivity contribution in [2.24, 2.45) is 5.92 Å². The van der Waals surface area contributed by atoms with E-state index in [9.17, 15) is 12.8 Å². The molecule has 0 radical (unpaired) electrons. The molecular weight excluding hydrogens is 317 g/mol. The molecule has 3 rings (SSSR count). The molecule has 23 heavy (non-hydrogen) atoms. The fourth-order valence-corrected chi connectivity index (χ4v) is 3.82. The topological polar surface area (TPSA) is 55.4 Å². The molecule has 122 valence electrons. The lowest BCUT2D eigenvalue weighted by Crippen LogP contribution is -2.30. The Labute approximate surface area is 135 Å². The molecule has 1 unspecified atom stereocenters. The molecule has 1 aliphatic carbocycles. The Morgan fingerprint density at radius 1 is 1.09 bits per heavy atom. The standard InChI is InChI=1S/C17H18FNO3S/c1-22-15-8-4-13(5-9-15)17(12-2-3-12)19-23(20,21)16-10-6-14(18)7-11-16/h4-12,17,19H,2-3H2,1H3. The molecule has 2 aromatic carbocycles. The summed E-state index contributed by atoms with van der Waals surface area (Å²) in [6.07, 6.45) is 1.98. The monoisotopic (exact) mass is 335 g/mol. The van der Waals surface area contributed by atoms with Gasteiger partial charge in [0.05, 0.1) is 12.0 Å². The van der Waals surface area contributed by atoms with Crippen LogP contribution in [0.2, 0.25) is 0 Å². The normalized spacial score (nSPS) is 16.1. The first-order valence-corrected chi connectivity index (χ1v) is 8.90. The maximum atomic E-state index is 13.0. The number of rotatable bonds is 6. The third kappa shape index (κ3) is 3.71. The molecule has 0 spiro atoms. The molecule has 0 aliphatic heterocycles. The van der Waals surface area contributed by atoms with Crippen LogP contribution in [0.25, 0.3) is 0 Å². The summed E-state index contributed by atoms with van der Waals surface area (Å²) in [7, 11) is -2.11. The number of ether oxygens (including phenoxy) is 1. The highest BCUT2D eigenvalue weighted by molar-refractivity contribution is 7.89. The number of sulfonamides is 1. The first-order chi connectivity index (χ1) is 11.0. The van der Waals surface area contributed by atoms with Crippen molar-refractivity contribution in [1.82, 2.24) is 4.72 Å². The smallest absolute Gasteiger partial charge is 0.241 e. The van der Waals surface area contributed by atoms with E-state index < -0.39 is 15.8 Å². The van der Waals surface area contributed by atoms with Gasteiger partial charge in [-0.05, 0) is 60.7 Å². The van der Waals surface area contributed by atoms with E-state index in [0.717, 1.165) is 36.3 Å². The van der Waals surface area contributed by atoms with Crippen molar-refractivity contribution in [3.8, 4) is 5.75 Å². The third-order valence-electron chi connectivity index (χ3n) is 3.97. The van der Waals surface area contributed by atoms with Gasteiger partial charge < -0.3 is 4.74 Å². The zero-order valence-electron chi connectivity index (χ0n) is 12.7. The van der Waals surface area contributed by atoms with Gasteiger partial charge in [-0.3, -0.25) is 0 Å². The molecule has 4 nitrogen and oxygen atoms in total. The van der Waals surface area contributed by atoms with Gasteiger partial charge >= 0.3 is 0 Å². The molecule has 1 atom stereocenters. The van der Waals surface area contributed by atoms with Crippen LogP contribution in [0, 0.1) is 11.7 Å². The van der Waals surface area contributed by atoms with Gasteiger partial charge in [0.1, 0.15) is 11.6 Å². The van der Waals surface area contributed by atoms with Crippen LogP contribution in [0.5, 0.6) is 5.75 Å². The SMILES string of the molecule is COc1ccc(C(NS(=O)(=O)c2ccc(F)cc2)C2CC2)cc1. The van der Waals surface area contributed by atoms with Gasteiger partial charge in [0.15, 0.2) is 0 Å². The number of nitrogens with one attached hydrogen (secondary N) is 1. The van der Waals surface area contributed by atoms with Gasteiger partial charge in [0, 0.05) is 6.04 Å². The minimum atomic E-state index is -3.69. The van der Waals surface area contributed by atoms with Gasteiger partial charge in [-0.2, -0.15) is 0 Å². The molecule has 6 heteroatoms. The van der Waals surface area contributed by atoms with Crippen LogP contribution in [0.3, 0.4) is 0 Å². The van der Waals surface area contributed by atoms with Crippen molar-refractivity contribution < 1.29 is 17.5 Å². The summed E-state index contributed by atoms with van der Waals surface area (Å²) in [5.74, 6) is 0.557. The third-order valence-corrected chi connectivity index (χ3v) is 5.43. The number of hydrogen-bond donors (Lipinski definition) is 1. The summed E-state index contributed by atoms with van der Waals surface area (Å²) < 4.78 is 45.9. The zero-order chi connectivity index (χ0) is 16.4. The maximum Gasteiger partial charge on any atom is 0.241 e. The van der Waals surface area contributed by atoms with E-state index >= 15 is 0 Å². The molecule has 2 aromatic rings. The molecular formula is C17H18FNO3S. The molecule has 0 bridgehead atoms. The van der Waals surface area contributed by atoms with Crippen LogP contribution >= 0.6 is 0 Å². The van der Waals surface area contributed by atoms with Gasteiger partial charge in [-0.25, -0.2) is 17.5 Å². The van der Waals surface area contributed by atoms with E-state index in [2.05, 4.69) is 4.72 Å². The second-order valence-corrected chi connectivity index (χ2v) is 7.38. The van der Waals surface area contributed by atoms with Crippen molar-refractivity contribution in [1.29, 1.82) is 0 Å². The van der Waals surface area contributed by atoms with Crippen LogP contribution in [0.4, 0.5) is 4.39 Å². The summed E-state index contributed by atoms with van der Waals surface area (Å²) in [4.78, 5) is 0.0676. The lowest BCUT2D eigenvalue weighted by molar-refractivity contribution is 0.414. The van der Waals surface area contributed by atoms with Gasteiger partial charge in [-0.1, -0.05) is 12.1 Å². The minimum Gasteiger partial charge on any atom is -0.497 e. The predicted molar refractivity (Wildman–Crippen MR) is 85.2 cm³/mol. The van der Waals surface area contributed by atoms with Crippen LogP contribution < -0.4 is 9.46 Å². The Morgan fingerprint density at radius 2 is 1.70 bits per heavy atom. The highest BCUT2D eigenvalue weighted by Crippen LogP contribution is 2.42. The van der Waals surface area contributed by atoms with Gasteiger partial charge in [0.2, 0.25) is 10.0 Å². The number of methoxy groups -OCH3 is 1. The summed E-state index contributed by atoms with van der Waals surface area (Å²) in [5.41, 5.74) is 0.902. The molecule has 1 fully saturated rings. The zero-order valence-corrected chi connectivity index (χ0v) is 13.5. The number of halogens is 1. The highest BCUT2D eigenvalue weighted by Gasteiger charge is 2.35. The Bertz CT molecular complexity index is 768. The van der Waals surface area contributed by atoms with E-state index in [1.165, 1.54) is 12.1 Å². The predicted octanol–water partition coefficient (Wildman–Crippen LogP) is 3.26. The first-order valence-electron chi connectivity index (χ1n) is 7.41. The molecule has 1 saturated carbocycles.